The predicted molar refractivity (Wildman–Crippen MR) is 65.6 cm³/mol. The first kappa shape index (κ1) is 13.6. The van der Waals surface area contributed by atoms with Gasteiger partial charge in [-0.3, -0.25) is 0 Å². The molecule has 0 spiro atoms. The Labute approximate surface area is 95.3 Å². The summed E-state index contributed by atoms with van der Waals surface area (Å²) in [6, 6.07) is 0. The van der Waals surface area contributed by atoms with Crippen LogP contribution in [0.2, 0.25) is 34.0 Å². The summed E-state index contributed by atoms with van der Waals surface area (Å²) >= 11 is 0.289. The summed E-state index contributed by atoms with van der Waals surface area (Å²) in [5.74, 6) is 0. The molecular formula is C10H22PtSi2. The van der Waals surface area contributed by atoms with E-state index >= 15 is 0 Å². The van der Waals surface area contributed by atoms with Crippen LogP contribution in [0.25, 0.3) is 0 Å². The van der Waals surface area contributed by atoms with Crippen molar-refractivity contribution in [2.24, 2.45) is 0 Å². The van der Waals surface area contributed by atoms with Crippen molar-refractivity contribution >= 4 is 17.6 Å². The summed E-state index contributed by atoms with van der Waals surface area (Å²) in [4.78, 5) is 0. The van der Waals surface area contributed by atoms with Gasteiger partial charge in [0.2, 0.25) is 0 Å². The van der Waals surface area contributed by atoms with E-state index in [4.69, 9.17) is 0 Å². The molecule has 0 saturated heterocycles. The minimum absolute atomic E-state index is 0.289. The Morgan fingerprint density at radius 1 is 0.923 bits per heavy atom. The Hall–Kier alpha value is 0.602. The van der Waals surface area contributed by atoms with E-state index in [1.54, 1.807) is 0 Å². The SMILES string of the molecule is C=C[CH]([Pt][CH](C=C)[SiH](C)C)[SiH](C)C. The summed E-state index contributed by atoms with van der Waals surface area (Å²) in [7, 11) is -0.982. The van der Waals surface area contributed by atoms with Gasteiger partial charge in [0.15, 0.2) is 0 Å². The summed E-state index contributed by atoms with van der Waals surface area (Å²) in [5, 5.41) is 0. The Morgan fingerprint density at radius 3 is 1.38 bits per heavy atom. The molecule has 0 aromatic carbocycles. The first-order valence-corrected chi connectivity index (χ1v) is 13.4. The van der Waals surface area contributed by atoms with Gasteiger partial charge in [-0.2, -0.15) is 0 Å². The number of rotatable bonds is 6. The summed E-state index contributed by atoms with van der Waals surface area (Å²) in [6.07, 6.45) is 4.44. The van der Waals surface area contributed by atoms with Crippen LogP contribution in [0.3, 0.4) is 0 Å². The zero-order chi connectivity index (χ0) is 10.4. The predicted octanol–water partition coefficient (Wildman–Crippen LogP) is 3.07. The van der Waals surface area contributed by atoms with Gasteiger partial charge in [-0.1, -0.05) is 0 Å². The van der Waals surface area contributed by atoms with E-state index < -0.39 is 17.6 Å². The molecule has 0 heterocycles. The van der Waals surface area contributed by atoms with Crippen molar-refractivity contribution in [3.63, 3.8) is 0 Å². The molecular weight excluding hydrogens is 371 g/mol. The van der Waals surface area contributed by atoms with Crippen LogP contribution in [0.1, 0.15) is 0 Å². The molecule has 0 rings (SSSR count). The molecule has 0 aliphatic heterocycles. The van der Waals surface area contributed by atoms with Crippen LogP contribution in [-0.4, -0.2) is 17.6 Å². The third-order valence-corrected chi connectivity index (χ3v) is 18.7. The van der Waals surface area contributed by atoms with Gasteiger partial charge in [0, 0.05) is 0 Å². The Balaban J connectivity index is 4.19. The molecule has 3 heteroatoms. The standard InChI is InChI=1S/2C5H11Si.Pt/c2*1-4-5-6(2)3;/h2*4-6H,1H2,2-3H3;. The molecule has 0 N–H and O–H groups in total. The van der Waals surface area contributed by atoms with E-state index in [9.17, 15) is 0 Å². The van der Waals surface area contributed by atoms with Crippen molar-refractivity contribution in [3.05, 3.63) is 25.3 Å². The molecule has 13 heavy (non-hydrogen) atoms. The van der Waals surface area contributed by atoms with E-state index in [0.29, 0.717) is 0 Å². The fraction of sp³-hybridized carbons (Fsp3) is 0.600. The van der Waals surface area contributed by atoms with Crippen LogP contribution in [0.15, 0.2) is 25.3 Å². The van der Waals surface area contributed by atoms with Crippen LogP contribution in [0.5, 0.6) is 0 Å². The van der Waals surface area contributed by atoms with Gasteiger partial charge in [-0.15, -0.1) is 0 Å². The number of hydrogen-bond donors (Lipinski definition) is 0. The molecule has 0 radical (unpaired) electrons. The molecule has 0 nitrogen and oxygen atoms in total. The second-order valence-corrected chi connectivity index (χ2v) is 16.9. The van der Waals surface area contributed by atoms with Crippen molar-refractivity contribution in [2.45, 2.75) is 34.0 Å². The van der Waals surface area contributed by atoms with Crippen molar-refractivity contribution < 1.29 is 18.6 Å². The van der Waals surface area contributed by atoms with Crippen molar-refractivity contribution in [1.82, 2.24) is 0 Å². The zero-order valence-corrected chi connectivity index (χ0v) is 13.8. The van der Waals surface area contributed by atoms with E-state index in [-0.39, 0.29) is 18.6 Å². The molecule has 0 aliphatic rings. The molecule has 0 aromatic heterocycles. The second-order valence-electron chi connectivity index (χ2n) is 3.87. The van der Waals surface area contributed by atoms with E-state index in [0.717, 1.165) is 7.86 Å². The molecule has 0 aliphatic carbocycles. The third kappa shape index (κ3) is 5.14. The second kappa shape index (κ2) is 6.97. The first-order valence-electron chi connectivity index (χ1n) is 4.82. The summed E-state index contributed by atoms with van der Waals surface area (Å²) < 4.78 is 1.83. The molecule has 0 fully saturated rings. The number of allylic oxidation sites excluding steroid dienone is 2. The fourth-order valence-electron chi connectivity index (χ4n) is 1.01. The van der Waals surface area contributed by atoms with Gasteiger partial charge in [0.05, 0.1) is 0 Å². The van der Waals surface area contributed by atoms with Gasteiger partial charge >= 0.3 is 95.5 Å². The third-order valence-electron chi connectivity index (χ3n) is 1.86. The quantitative estimate of drug-likeness (QED) is 0.481. The molecule has 0 aromatic rings. The molecule has 0 bridgehead atoms. The summed E-state index contributed by atoms with van der Waals surface area (Å²) in [6.45, 7) is 17.7. The molecule has 80 valence electrons. The topological polar surface area (TPSA) is 0 Å². The van der Waals surface area contributed by atoms with Gasteiger partial charge in [0.25, 0.3) is 0 Å². The summed E-state index contributed by atoms with van der Waals surface area (Å²) in [5.41, 5.74) is 0. The zero-order valence-electron chi connectivity index (χ0n) is 9.19. The van der Waals surface area contributed by atoms with Gasteiger partial charge < -0.3 is 0 Å². The minimum atomic E-state index is -0.491. The normalized spacial score (nSPS) is 16.2. The van der Waals surface area contributed by atoms with E-state index in [2.05, 4.69) is 51.5 Å². The van der Waals surface area contributed by atoms with Crippen LogP contribution >= 0.6 is 0 Å². The molecule has 2 unspecified atom stereocenters. The van der Waals surface area contributed by atoms with E-state index in [1.807, 2.05) is 0 Å². The first-order chi connectivity index (χ1) is 6.02. The molecule has 2 atom stereocenters. The van der Waals surface area contributed by atoms with Gasteiger partial charge in [0.1, 0.15) is 0 Å². The Morgan fingerprint density at radius 2 is 1.23 bits per heavy atom. The molecule has 0 amide bonds. The van der Waals surface area contributed by atoms with Crippen LogP contribution < -0.4 is 0 Å². The number of hydrogen-bond acceptors (Lipinski definition) is 0. The maximum absolute atomic E-state index is 3.97. The van der Waals surface area contributed by atoms with E-state index in [1.165, 1.54) is 0 Å². The monoisotopic (exact) mass is 393 g/mol. The maximum atomic E-state index is 3.97. The van der Waals surface area contributed by atoms with Crippen molar-refractivity contribution in [1.29, 1.82) is 0 Å². The van der Waals surface area contributed by atoms with Crippen LogP contribution in [-0.2, 0) is 18.6 Å². The van der Waals surface area contributed by atoms with Crippen LogP contribution in [0.4, 0.5) is 0 Å². The van der Waals surface area contributed by atoms with Gasteiger partial charge in [-0.05, 0) is 0 Å². The Bertz CT molecular complexity index is 148. The van der Waals surface area contributed by atoms with Crippen LogP contribution in [0, 0.1) is 0 Å². The Kier molecular flexibility index (Phi) is 7.29. The van der Waals surface area contributed by atoms with Crippen molar-refractivity contribution in [2.75, 3.05) is 0 Å². The average molecular weight is 394 g/mol. The van der Waals surface area contributed by atoms with Crippen molar-refractivity contribution in [3.8, 4) is 0 Å². The molecule has 0 saturated carbocycles. The van der Waals surface area contributed by atoms with Gasteiger partial charge in [-0.25, -0.2) is 0 Å². The fourth-order valence-corrected chi connectivity index (χ4v) is 12.9. The average Bonchev–Trinajstić information content (AvgIpc) is 2.05.